The number of methoxy groups -OCH3 is 1. The van der Waals surface area contributed by atoms with Crippen molar-refractivity contribution in [3.63, 3.8) is 0 Å². The summed E-state index contributed by atoms with van der Waals surface area (Å²) in [5.41, 5.74) is -0.0373. The lowest BCUT2D eigenvalue weighted by Crippen LogP contribution is -2.29. The summed E-state index contributed by atoms with van der Waals surface area (Å²) in [7, 11) is 1.25. The molecule has 0 aliphatic carbocycles. The first-order valence-corrected chi connectivity index (χ1v) is 6.82. The van der Waals surface area contributed by atoms with Gasteiger partial charge in [-0.25, -0.2) is 4.68 Å². The summed E-state index contributed by atoms with van der Waals surface area (Å²) >= 11 is 6.02. The Morgan fingerprint density at radius 1 is 1.50 bits per heavy atom. The van der Waals surface area contributed by atoms with Crippen LogP contribution < -0.4 is 10.9 Å². The van der Waals surface area contributed by atoms with Crippen molar-refractivity contribution >= 4 is 23.3 Å². The van der Waals surface area contributed by atoms with Crippen LogP contribution in [0, 0.1) is 5.92 Å². The number of anilines is 1. The molecule has 0 spiro atoms. The maximum Gasteiger partial charge on any atom is 0.327 e. The van der Waals surface area contributed by atoms with Gasteiger partial charge >= 0.3 is 5.97 Å². The fourth-order valence-corrected chi connectivity index (χ4v) is 2.10. The van der Waals surface area contributed by atoms with Crippen molar-refractivity contribution in [2.45, 2.75) is 39.8 Å². The number of hydrogen-bond donors (Lipinski definition) is 1. The number of aromatic nitrogens is 2. The highest BCUT2D eigenvalue weighted by Gasteiger charge is 2.14. The van der Waals surface area contributed by atoms with E-state index < -0.39 is 11.5 Å². The Morgan fingerprint density at radius 2 is 2.15 bits per heavy atom. The maximum absolute atomic E-state index is 12.0. The van der Waals surface area contributed by atoms with Gasteiger partial charge in [0.1, 0.15) is 11.6 Å². The Labute approximate surface area is 123 Å². The molecule has 7 heteroatoms. The van der Waals surface area contributed by atoms with Crippen LogP contribution in [0.5, 0.6) is 0 Å². The molecule has 0 bridgehead atoms. The van der Waals surface area contributed by atoms with E-state index in [1.807, 2.05) is 6.92 Å². The zero-order valence-electron chi connectivity index (χ0n) is 12.1. The molecular weight excluding hydrogens is 282 g/mol. The van der Waals surface area contributed by atoms with Crippen LogP contribution in [0.25, 0.3) is 0 Å². The number of nitrogens with one attached hydrogen (secondary N) is 1. The number of hydrogen-bond acceptors (Lipinski definition) is 5. The SMILES string of the molecule is COC(=O)Cn1ncc(NC(C)CC(C)C)c(Cl)c1=O. The lowest BCUT2D eigenvalue weighted by atomic mass is 10.1. The molecule has 0 aromatic carbocycles. The molecule has 0 saturated carbocycles. The number of ether oxygens (including phenoxy) is 1. The van der Waals surface area contributed by atoms with Gasteiger partial charge in [0.05, 0.1) is 19.0 Å². The molecule has 1 atom stereocenters. The van der Waals surface area contributed by atoms with Crippen LogP contribution in [-0.4, -0.2) is 28.9 Å². The Bertz CT molecular complexity index is 528. The average molecular weight is 302 g/mol. The summed E-state index contributed by atoms with van der Waals surface area (Å²) in [6, 6.07) is 0.171. The number of rotatable bonds is 6. The van der Waals surface area contributed by atoms with E-state index in [0.29, 0.717) is 11.6 Å². The van der Waals surface area contributed by atoms with Gasteiger partial charge < -0.3 is 10.1 Å². The smallest absolute Gasteiger partial charge is 0.327 e. The Hall–Kier alpha value is -1.56. The van der Waals surface area contributed by atoms with E-state index in [2.05, 4.69) is 29.0 Å². The zero-order valence-corrected chi connectivity index (χ0v) is 12.9. The van der Waals surface area contributed by atoms with E-state index in [9.17, 15) is 9.59 Å². The predicted octanol–water partition coefficient (Wildman–Crippen LogP) is 1.92. The predicted molar refractivity (Wildman–Crippen MR) is 78.1 cm³/mol. The van der Waals surface area contributed by atoms with Crippen molar-refractivity contribution in [3.8, 4) is 0 Å². The minimum absolute atomic E-state index is 0.0273. The molecular formula is C13H20ClN3O3. The molecule has 0 aliphatic heterocycles. The average Bonchev–Trinajstić information content (AvgIpc) is 2.37. The van der Waals surface area contributed by atoms with Gasteiger partial charge in [-0.1, -0.05) is 25.4 Å². The number of halogens is 1. The number of esters is 1. The van der Waals surface area contributed by atoms with E-state index in [0.717, 1.165) is 11.1 Å². The number of nitrogens with zero attached hydrogens (tertiary/aromatic N) is 2. The molecule has 1 aromatic rings. The van der Waals surface area contributed by atoms with Gasteiger partial charge in [-0.05, 0) is 19.3 Å². The highest BCUT2D eigenvalue weighted by atomic mass is 35.5. The van der Waals surface area contributed by atoms with E-state index in [-0.39, 0.29) is 17.6 Å². The lowest BCUT2D eigenvalue weighted by molar-refractivity contribution is -0.141. The van der Waals surface area contributed by atoms with Crippen molar-refractivity contribution in [1.29, 1.82) is 0 Å². The highest BCUT2D eigenvalue weighted by Crippen LogP contribution is 2.18. The fourth-order valence-electron chi connectivity index (χ4n) is 1.90. The Morgan fingerprint density at radius 3 is 2.70 bits per heavy atom. The third kappa shape index (κ3) is 4.52. The van der Waals surface area contributed by atoms with Crippen LogP contribution in [-0.2, 0) is 16.1 Å². The molecule has 1 heterocycles. The molecule has 0 aliphatic rings. The zero-order chi connectivity index (χ0) is 15.3. The Kier molecular flexibility index (Phi) is 6.01. The van der Waals surface area contributed by atoms with Gasteiger partial charge in [-0.3, -0.25) is 9.59 Å². The van der Waals surface area contributed by atoms with Gasteiger partial charge in [-0.15, -0.1) is 0 Å². The van der Waals surface area contributed by atoms with E-state index in [1.54, 1.807) is 0 Å². The number of carbonyl (C=O) groups excluding carboxylic acids is 1. The van der Waals surface area contributed by atoms with Gasteiger partial charge in [0, 0.05) is 6.04 Å². The van der Waals surface area contributed by atoms with Crippen LogP contribution in [0.2, 0.25) is 5.02 Å². The van der Waals surface area contributed by atoms with E-state index in [1.165, 1.54) is 13.3 Å². The summed E-state index contributed by atoms with van der Waals surface area (Å²) in [6.07, 6.45) is 2.39. The quantitative estimate of drug-likeness (QED) is 0.813. The largest absolute Gasteiger partial charge is 0.468 e. The molecule has 112 valence electrons. The van der Waals surface area contributed by atoms with Crippen LogP contribution in [0.4, 0.5) is 5.69 Å². The van der Waals surface area contributed by atoms with Crippen molar-refractivity contribution in [2.75, 3.05) is 12.4 Å². The van der Waals surface area contributed by atoms with Crippen LogP contribution in [0.3, 0.4) is 0 Å². The molecule has 0 radical (unpaired) electrons. The fraction of sp³-hybridized carbons (Fsp3) is 0.615. The first kappa shape index (κ1) is 16.5. The topological polar surface area (TPSA) is 73.2 Å². The standard InChI is InChI=1S/C13H20ClN3O3/c1-8(2)5-9(3)16-10-6-15-17(7-11(18)20-4)13(19)12(10)14/h6,8-9,16H,5,7H2,1-4H3. The summed E-state index contributed by atoms with van der Waals surface area (Å²) in [4.78, 5) is 23.1. The van der Waals surface area contributed by atoms with Crippen LogP contribution >= 0.6 is 11.6 Å². The third-order valence-electron chi connectivity index (χ3n) is 2.72. The molecule has 6 nitrogen and oxygen atoms in total. The lowest BCUT2D eigenvalue weighted by Gasteiger charge is -2.18. The molecule has 20 heavy (non-hydrogen) atoms. The molecule has 0 saturated heterocycles. The molecule has 1 N–H and O–H groups in total. The molecule has 1 rings (SSSR count). The van der Waals surface area contributed by atoms with Crippen LogP contribution in [0.15, 0.2) is 11.0 Å². The van der Waals surface area contributed by atoms with Crippen molar-refractivity contribution in [1.82, 2.24) is 9.78 Å². The second kappa shape index (κ2) is 7.28. The Balaban J connectivity index is 2.89. The van der Waals surface area contributed by atoms with Gasteiger partial charge in [-0.2, -0.15) is 5.10 Å². The summed E-state index contributed by atoms with van der Waals surface area (Å²) < 4.78 is 5.47. The highest BCUT2D eigenvalue weighted by molar-refractivity contribution is 6.32. The van der Waals surface area contributed by atoms with E-state index in [4.69, 9.17) is 11.6 Å². The first-order valence-electron chi connectivity index (χ1n) is 6.44. The second-order valence-corrected chi connectivity index (χ2v) is 5.46. The van der Waals surface area contributed by atoms with Gasteiger partial charge in [0.15, 0.2) is 0 Å². The van der Waals surface area contributed by atoms with Gasteiger partial charge in [0.25, 0.3) is 5.56 Å². The first-order chi connectivity index (χ1) is 9.35. The number of carbonyl (C=O) groups is 1. The second-order valence-electron chi connectivity index (χ2n) is 5.09. The third-order valence-corrected chi connectivity index (χ3v) is 3.08. The van der Waals surface area contributed by atoms with Crippen molar-refractivity contribution in [3.05, 3.63) is 21.6 Å². The van der Waals surface area contributed by atoms with Crippen molar-refractivity contribution in [2.24, 2.45) is 5.92 Å². The summed E-state index contributed by atoms with van der Waals surface area (Å²) in [6.45, 7) is 5.99. The molecule has 1 unspecified atom stereocenters. The minimum atomic E-state index is -0.551. The van der Waals surface area contributed by atoms with E-state index >= 15 is 0 Å². The molecule has 0 fully saturated rings. The van der Waals surface area contributed by atoms with Gasteiger partial charge in [0.2, 0.25) is 0 Å². The summed E-state index contributed by atoms with van der Waals surface area (Å²) in [5.74, 6) is -0.0199. The normalized spacial score (nSPS) is 12.3. The monoisotopic (exact) mass is 301 g/mol. The van der Waals surface area contributed by atoms with Crippen LogP contribution in [0.1, 0.15) is 27.2 Å². The maximum atomic E-state index is 12.0. The summed E-state index contributed by atoms with van der Waals surface area (Å²) in [5, 5.41) is 7.10. The molecule has 0 amide bonds. The van der Waals surface area contributed by atoms with Crippen molar-refractivity contribution < 1.29 is 9.53 Å². The molecule has 1 aromatic heterocycles. The minimum Gasteiger partial charge on any atom is -0.468 e.